The predicted octanol–water partition coefficient (Wildman–Crippen LogP) is 2.72. The second-order valence-corrected chi connectivity index (χ2v) is 4.81. The van der Waals surface area contributed by atoms with Crippen molar-refractivity contribution in [2.75, 3.05) is 26.2 Å². The van der Waals surface area contributed by atoms with Crippen LogP contribution in [-0.2, 0) is 13.1 Å². The van der Waals surface area contributed by atoms with E-state index >= 15 is 0 Å². The Morgan fingerprint density at radius 1 is 1.22 bits per heavy atom. The molecule has 0 aliphatic carbocycles. The third-order valence-electron chi connectivity index (χ3n) is 3.34. The van der Waals surface area contributed by atoms with Crippen LogP contribution in [0.4, 0.5) is 0 Å². The topological polar surface area (TPSA) is 20.2 Å². The van der Waals surface area contributed by atoms with E-state index in [1.807, 2.05) is 0 Å². The molecule has 0 unspecified atom stereocenters. The molecule has 0 radical (unpaired) electrons. The Morgan fingerprint density at radius 3 is 2.67 bits per heavy atom. The van der Waals surface area contributed by atoms with E-state index in [4.69, 9.17) is 0 Å². The lowest BCUT2D eigenvalue weighted by molar-refractivity contribution is 0.298. The summed E-state index contributed by atoms with van der Waals surface area (Å²) < 4.78 is 2.27. The third kappa shape index (κ3) is 5.69. The highest BCUT2D eigenvalue weighted by Gasteiger charge is 1.99. The Labute approximate surface area is 112 Å². The lowest BCUT2D eigenvalue weighted by atomic mass is 10.3. The zero-order valence-electron chi connectivity index (χ0n) is 12.3. The first kappa shape index (κ1) is 15.3. The molecule has 0 saturated carbocycles. The molecule has 18 heavy (non-hydrogen) atoms. The average Bonchev–Trinajstić information content (AvgIpc) is 2.82. The third-order valence-corrected chi connectivity index (χ3v) is 3.34. The Kier molecular flexibility index (Phi) is 7.78. The first-order valence-corrected chi connectivity index (χ1v) is 7.37. The maximum absolute atomic E-state index is 3.52. The van der Waals surface area contributed by atoms with Crippen LogP contribution in [0.25, 0.3) is 0 Å². The molecule has 1 heterocycles. The Morgan fingerprint density at radius 2 is 2.00 bits per heavy atom. The van der Waals surface area contributed by atoms with Gasteiger partial charge in [0.15, 0.2) is 0 Å². The smallest absolute Gasteiger partial charge is 0.0220 e. The van der Waals surface area contributed by atoms with Crippen LogP contribution in [-0.4, -0.2) is 35.6 Å². The molecular weight excluding hydrogens is 222 g/mol. The minimum atomic E-state index is 0.995. The molecule has 0 spiro atoms. The summed E-state index contributed by atoms with van der Waals surface area (Å²) in [5.74, 6) is 0. The van der Waals surface area contributed by atoms with Crippen molar-refractivity contribution in [1.82, 2.24) is 14.8 Å². The molecule has 1 aromatic heterocycles. The molecule has 3 heteroatoms. The summed E-state index contributed by atoms with van der Waals surface area (Å²) in [6.45, 7) is 13.4. The fourth-order valence-corrected chi connectivity index (χ4v) is 2.19. The molecule has 0 aromatic carbocycles. The first-order chi connectivity index (χ1) is 8.80. The molecule has 0 saturated heterocycles. The standard InChI is InChI=1S/C15H29N3/c1-4-10-18-12-8-15(14-18)13-16-9-7-11-17(5-2)6-3/h8,12,14,16H,4-7,9-11,13H2,1-3H3. The maximum atomic E-state index is 3.52. The normalized spacial score (nSPS) is 11.3. The van der Waals surface area contributed by atoms with Gasteiger partial charge in [-0.1, -0.05) is 20.8 Å². The molecule has 104 valence electrons. The summed E-state index contributed by atoms with van der Waals surface area (Å²) in [7, 11) is 0. The van der Waals surface area contributed by atoms with Crippen molar-refractivity contribution in [2.24, 2.45) is 0 Å². The van der Waals surface area contributed by atoms with Gasteiger partial charge in [0.2, 0.25) is 0 Å². The second kappa shape index (κ2) is 9.17. The highest BCUT2D eigenvalue weighted by Crippen LogP contribution is 2.02. The van der Waals surface area contributed by atoms with Crippen molar-refractivity contribution >= 4 is 0 Å². The Hall–Kier alpha value is -0.800. The molecule has 0 fully saturated rings. The second-order valence-electron chi connectivity index (χ2n) is 4.81. The van der Waals surface area contributed by atoms with E-state index in [0.29, 0.717) is 0 Å². The van der Waals surface area contributed by atoms with Gasteiger partial charge in [0.1, 0.15) is 0 Å². The minimum absolute atomic E-state index is 0.995. The van der Waals surface area contributed by atoms with Crippen molar-refractivity contribution in [3.63, 3.8) is 0 Å². The van der Waals surface area contributed by atoms with Crippen LogP contribution < -0.4 is 5.32 Å². The van der Waals surface area contributed by atoms with Crippen molar-refractivity contribution in [3.8, 4) is 0 Å². The van der Waals surface area contributed by atoms with Crippen molar-refractivity contribution in [2.45, 2.75) is 46.7 Å². The average molecular weight is 251 g/mol. The predicted molar refractivity (Wildman–Crippen MR) is 78.8 cm³/mol. The van der Waals surface area contributed by atoms with Gasteiger partial charge >= 0.3 is 0 Å². The van der Waals surface area contributed by atoms with E-state index in [0.717, 1.165) is 32.7 Å². The summed E-state index contributed by atoms with van der Waals surface area (Å²) in [6, 6.07) is 2.22. The van der Waals surface area contributed by atoms with E-state index in [1.165, 1.54) is 24.9 Å². The zero-order chi connectivity index (χ0) is 13.2. The summed E-state index contributed by atoms with van der Waals surface area (Å²) >= 11 is 0. The lowest BCUT2D eigenvalue weighted by Gasteiger charge is -2.17. The molecule has 1 aromatic rings. The van der Waals surface area contributed by atoms with Crippen LogP contribution in [0, 0.1) is 0 Å². The van der Waals surface area contributed by atoms with Gasteiger partial charge in [0.25, 0.3) is 0 Å². The number of hydrogen-bond acceptors (Lipinski definition) is 2. The van der Waals surface area contributed by atoms with Crippen LogP contribution in [0.15, 0.2) is 18.5 Å². The van der Waals surface area contributed by atoms with E-state index in [-0.39, 0.29) is 0 Å². The van der Waals surface area contributed by atoms with Gasteiger partial charge < -0.3 is 14.8 Å². The van der Waals surface area contributed by atoms with Crippen LogP contribution in [0.5, 0.6) is 0 Å². The number of nitrogens with zero attached hydrogens (tertiary/aromatic N) is 2. The molecule has 0 amide bonds. The summed E-state index contributed by atoms with van der Waals surface area (Å²) in [4.78, 5) is 2.47. The first-order valence-electron chi connectivity index (χ1n) is 7.37. The Bertz CT molecular complexity index is 302. The van der Waals surface area contributed by atoms with E-state index in [2.05, 4.69) is 54.0 Å². The molecule has 1 rings (SSSR count). The largest absolute Gasteiger partial charge is 0.354 e. The number of rotatable bonds is 10. The van der Waals surface area contributed by atoms with Gasteiger partial charge in [-0.15, -0.1) is 0 Å². The van der Waals surface area contributed by atoms with Crippen molar-refractivity contribution in [3.05, 3.63) is 24.0 Å². The lowest BCUT2D eigenvalue weighted by Crippen LogP contribution is -2.27. The Balaban J connectivity index is 2.09. The van der Waals surface area contributed by atoms with E-state index < -0.39 is 0 Å². The summed E-state index contributed by atoms with van der Waals surface area (Å²) in [5, 5.41) is 3.52. The highest BCUT2D eigenvalue weighted by molar-refractivity contribution is 5.09. The van der Waals surface area contributed by atoms with Crippen molar-refractivity contribution < 1.29 is 0 Å². The van der Waals surface area contributed by atoms with Gasteiger partial charge in [-0.3, -0.25) is 0 Å². The van der Waals surface area contributed by atoms with Crippen LogP contribution in [0.3, 0.4) is 0 Å². The molecule has 1 N–H and O–H groups in total. The molecule has 3 nitrogen and oxygen atoms in total. The van der Waals surface area contributed by atoms with Crippen molar-refractivity contribution in [1.29, 1.82) is 0 Å². The molecule has 0 bridgehead atoms. The zero-order valence-corrected chi connectivity index (χ0v) is 12.3. The van der Waals surface area contributed by atoms with Crippen LogP contribution >= 0.6 is 0 Å². The number of nitrogens with one attached hydrogen (secondary N) is 1. The number of aryl methyl sites for hydroxylation is 1. The fraction of sp³-hybridized carbons (Fsp3) is 0.733. The van der Waals surface area contributed by atoms with Crippen LogP contribution in [0.1, 0.15) is 39.2 Å². The van der Waals surface area contributed by atoms with Gasteiger partial charge in [0.05, 0.1) is 0 Å². The summed E-state index contributed by atoms with van der Waals surface area (Å²) in [6.07, 6.45) is 6.86. The van der Waals surface area contributed by atoms with Gasteiger partial charge in [-0.05, 0) is 50.7 Å². The quantitative estimate of drug-likeness (QED) is 0.645. The molecule has 0 atom stereocenters. The number of aromatic nitrogens is 1. The number of hydrogen-bond donors (Lipinski definition) is 1. The molecular formula is C15H29N3. The van der Waals surface area contributed by atoms with Gasteiger partial charge in [0, 0.05) is 25.5 Å². The van der Waals surface area contributed by atoms with Crippen LogP contribution in [0.2, 0.25) is 0 Å². The monoisotopic (exact) mass is 251 g/mol. The molecule has 0 aliphatic heterocycles. The van der Waals surface area contributed by atoms with Gasteiger partial charge in [-0.2, -0.15) is 0 Å². The fourth-order valence-electron chi connectivity index (χ4n) is 2.19. The van der Waals surface area contributed by atoms with E-state index in [1.54, 1.807) is 0 Å². The SMILES string of the molecule is CCCn1ccc(CNCCCN(CC)CC)c1. The highest BCUT2D eigenvalue weighted by atomic mass is 15.1. The minimum Gasteiger partial charge on any atom is -0.354 e. The van der Waals surface area contributed by atoms with E-state index in [9.17, 15) is 0 Å². The van der Waals surface area contributed by atoms with Gasteiger partial charge in [-0.25, -0.2) is 0 Å². The summed E-state index contributed by atoms with van der Waals surface area (Å²) in [5.41, 5.74) is 1.39. The maximum Gasteiger partial charge on any atom is 0.0220 e. The molecule has 0 aliphatic rings.